The molecule has 23 heavy (non-hydrogen) atoms. The molecule has 0 aliphatic rings. The van der Waals surface area contributed by atoms with Crippen molar-refractivity contribution in [3.8, 4) is 0 Å². The highest BCUT2D eigenvalue weighted by atomic mass is 16.2. The fourth-order valence-electron chi connectivity index (χ4n) is 2.32. The largest absolute Gasteiger partial charge is 0.342 e. The van der Waals surface area contributed by atoms with Gasteiger partial charge in [-0.25, -0.2) is 0 Å². The Kier molecular flexibility index (Phi) is 7.75. The van der Waals surface area contributed by atoms with Crippen LogP contribution in [0, 0.1) is 13.8 Å². The second-order valence-electron chi connectivity index (χ2n) is 6.28. The molecule has 0 aromatic heterocycles. The van der Waals surface area contributed by atoms with Crippen LogP contribution < -0.4 is 5.32 Å². The molecule has 0 saturated carbocycles. The Bertz CT molecular complexity index is 541. The third-order valence-corrected chi connectivity index (χ3v) is 3.75. The van der Waals surface area contributed by atoms with Crippen molar-refractivity contribution in [1.29, 1.82) is 0 Å². The van der Waals surface area contributed by atoms with Crippen LogP contribution in [0.25, 0.3) is 0 Å². The number of benzene rings is 1. The number of amides is 2. The summed E-state index contributed by atoms with van der Waals surface area (Å²) in [5.74, 6) is -0.0409. The van der Waals surface area contributed by atoms with E-state index in [1.165, 1.54) is 0 Å². The minimum Gasteiger partial charge on any atom is -0.342 e. The molecule has 1 rings (SSSR count). The van der Waals surface area contributed by atoms with Gasteiger partial charge in [-0.2, -0.15) is 0 Å². The molecule has 0 radical (unpaired) electrons. The predicted molar refractivity (Wildman–Crippen MR) is 94.6 cm³/mol. The molecule has 0 aliphatic heterocycles. The summed E-state index contributed by atoms with van der Waals surface area (Å²) in [7, 11) is 4.02. The molecule has 0 saturated heterocycles. The third-order valence-electron chi connectivity index (χ3n) is 3.75. The lowest BCUT2D eigenvalue weighted by molar-refractivity contribution is -0.129. The maximum atomic E-state index is 12.1. The highest BCUT2D eigenvalue weighted by molar-refractivity contribution is 5.92. The summed E-state index contributed by atoms with van der Waals surface area (Å²) in [6, 6.07) is 5.98. The number of carbonyl (C=O) groups is 2. The van der Waals surface area contributed by atoms with Gasteiger partial charge in [-0.05, 0) is 58.1 Å². The molecule has 2 amide bonds. The lowest BCUT2D eigenvalue weighted by Crippen LogP contribution is -2.34. The van der Waals surface area contributed by atoms with Crippen LogP contribution >= 0.6 is 0 Å². The molecule has 1 aromatic rings. The molecule has 0 heterocycles. The molecule has 0 atom stereocenters. The fourth-order valence-corrected chi connectivity index (χ4v) is 2.32. The molecule has 0 fully saturated rings. The number of rotatable bonds is 8. The number of hydrogen-bond donors (Lipinski definition) is 1. The van der Waals surface area contributed by atoms with Crippen molar-refractivity contribution in [2.45, 2.75) is 33.6 Å². The summed E-state index contributed by atoms with van der Waals surface area (Å²) in [6.45, 7) is 7.59. The average Bonchev–Trinajstić information content (AvgIpc) is 2.45. The van der Waals surface area contributed by atoms with Crippen molar-refractivity contribution in [2.75, 3.05) is 39.0 Å². The Hall–Kier alpha value is -1.88. The van der Waals surface area contributed by atoms with Crippen LogP contribution in [0.15, 0.2) is 18.2 Å². The summed E-state index contributed by atoms with van der Waals surface area (Å²) >= 11 is 0. The second kappa shape index (κ2) is 9.30. The highest BCUT2D eigenvalue weighted by Crippen LogP contribution is 2.16. The van der Waals surface area contributed by atoms with Crippen molar-refractivity contribution < 1.29 is 9.59 Å². The van der Waals surface area contributed by atoms with E-state index in [1.54, 1.807) is 11.8 Å². The first-order valence-electron chi connectivity index (χ1n) is 8.07. The van der Waals surface area contributed by atoms with Crippen LogP contribution in [0.3, 0.4) is 0 Å². The van der Waals surface area contributed by atoms with Crippen molar-refractivity contribution in [3.63, 3.8) is 0 Å². The van der Waals surface area contributed by atoms with Crippen molar-refractivity contribution in [3.05, 3.63) is 29.3 Å². The summed E-state index contributed by atoms with van der Waals surface area (Å²) < 4.78 is 0. The first-order valence-corrected chi connectivity index (χ1v) is 8.07. The van der Waals surface area contributed by atoms with E-state index in [9.17, 15) is 9.59 Å². The van der Waals surface area contributed by atoms with Crippen LogP contribution in [0.5, 0.6) is 0 Å². The van der Waals surface area contributed by atoms with E-state index in [-0.39, 0.29) is 11.8 Å². The molecule has 128 valence electrons. The normalized spacial score (nSPS) is 10.7. The smallest absolute Gasteiger partial charge is 0.226 e. The zero-order valence-corrected chi connectivity index (χ0v) is 15.0. The van der Waals surface area contributed by atoms with Crippen LogP contribution in [0.4, 0.5) is 5.69 Å². The molecule has 1 N–H and O–H groups in total. The Morgan fingerprint density at radius 3 is 2.39 bits per heavy atom. The van der Waals surface area contributed by atoms with Crippen molar-refractivity contribution in [1.82, 2.24) is 9.80 Å². The first-order chi connectivity index (χ1) is 10.8. The summed E-state index contributed by atoms with van der Waals surface area (Å²) in [4.78, 5) is 27.6. The van der Waals surface area contributed by atoms with E-state index >= 15 is 0 Å². The molecule has 0 bridgehead atoms. The van der Waals surface area contributed by atoms with E-state index in [0.717, 1.165) is 29.8 Å². The van der Waals surface area contributed by atoms with E-state index in [4.69, 9.17) is 0 Å². The number of anilines is 1. The zero-order chi connectivity index (χ0) is 17.4. The minimum absolute atomic E-state index is 0.0169. The van der Waals surface area contributed by atoms with E-state index in [0.29, 0.717) is 19.5 Å². The standard InChI is InChI=1S/C18H29N3O2/c1-14-7-8-15(2)17(13-14)19-18(23)9-12-21(16(3)22)11-6-10-20(4)5/h7-8,13H,6,9-12H2,1-5H3,(H,19,23). The Morgan fingerprint density at radius 2 is 1.78 bits per heavy atom. The van der Waals surface area contributed by atoms with Crippen LogP contribution in [0.1, 0.15) is 30.9 Å². The van der Waals surface area contributed by atoms with Gasteiger partial charge in [0.1, 0.15) is 0 Å². The number of carbonyl (C=O) groups excluding carboxylic acids is 2. The van der Waals surface area contributed by atoms with Crippen LogP contribution in [0.2, 0.25) is 0 Å². The Balaban J connectivity index is 2.48. The summed E-state index contributed by atoms with van der Waals surface area (Å²) in [6.07, 6.45) is 1.22. The number of aryl methyl sites for hydroxylation is 2. The molecule has 0 aliphatic carbocycles. The molecule has 5 heteroatoms. The summed E-state index contributed by atoms with van der Waals surface area (Å²) in [5, 5.41) is 2.93. The minimum atomic E-state index is -0.0578. The van der Waals surface area contributed by atoms with Gasteiger partial charge in [0, 0.05) is 32.1 Å². The second-order valence-corrected chi connectivity index (χ2v) is 6.28. The first kappa shape index (κ1) is 19.2. The molecule has 5 nitrogen and oxygen atoms in total. The predicted octanol–water partition coefficient (Wildman–Crippen LogP) is 2.43. The highest BCUT2D eigenvalue weighted by Gasteiger charge is 2.12. The summed E-state index contributed by atoms with van der Waals surface area (Å²) in [5.41, 5.74) is 3.00. The number of nitrogens with one attached hydrogen (secondary N) is 1. The van der Waals surface area contributed by atoms with E-state index in [1.807, 2.05) is 46.1 Å². The zero-order valence-electron chi connectivity index (χ0n) is 15.0. The van der Waals surface area contributed by atoms with Gasteiger partial charge in [-0.1, -0.05) is 12.1 Å². The van der Waals surface area contributed by atoms with E-state index < -0.39 is 0 Å². The van der Waals surface area contributed by atoms with Gasteiger partial charge in [0.05, 0.1) is 0 Å². The van der Waals surface area contributed by atoms with Gasteiger partial charge in [0.25, 0.3) is 0 Å². The van der Waals surface area contributed by atoms with Gasteiger partial charge in [0.2, 0.25) is 11.8 Å². The fraction of sp³-hybridized carbons (Fsp3) is 0.556. The van der Waals surface area contributed by atoms with Gasteiger partial charge >= 0.3 is 0 Å². The lowest BCUT2D eigenvalue weighted by atomic mass is 10.1. The maximum absolute atomic E-state index is 12.1. The molecule has 0 spiro atoms. The molecular weight excluding hydrogens is 290 g/mol. The average molecular weight is 319 g/mol. The van der Waals surface area contributed by atoms with E-state index in [2.05, 4.69) is 10.2 Å². The monoisotopic (exact) mass is 319 g/mol. The third kappa shape index (κ3) is 7.28. The number of nitrogens with zero attached hydrogens (tertiary/aromatic N) is 2. The Morgan fingerprint density at radius 1 is 1.09 bits per heavy atom. The quantitative estimate of drug-likeness (QED) is 0.801. The van der Waals surface area contributed by atoms with Crippen molar-refractivity contribution in [2.24, 2.45) is 0 Å². The van der Waals surface area contributed by atoms with Crippen molar-refractivity contribution >= 4 is 17.5 Å². The topological polar surface area (TPSA) is 52.7 Å². The molecule has 0 unspecified atom stereocenters. The Labute approximate surface area is 139 Å². The maximum Gasteiger partial charge on any atom is 0.226 e. The van der Waals surface area contributed by atoms with Gasteiger partial charge in [-0.3, -0.25) is 9.59 Å². The van der Waals surface area contributed by atoms with Gasteiger partial charge < -0.3 is 15.1 Å². The molecular formula is C18H29N3O2. The van der Waals surface area contributed by atoms with Crippen LogP contribution in [-0.4, -0.2) is 55.3 Å². The lowest BCUT2D eigenvalue weighted by Gasteiger charge is -2.22. The van der Waals surface area contributed by atoms with Crippen LogP contribution in [-0.2, 0) is 9.59 Å². The molecule has 1 aromatic carbocycles. The van der Waals surface area contributed by atoms with Gasteiger partial charge in [-0.15, -0.1) is 0 Å². The number of hydrogen-bond acceptors (Lipinski definition) is 3. The van der Waals surface area contributed by atoms with Gasteiger partial charge in [0.15, 0.2) is 0 Å². The SMILES string of the molecule is CC(=O)N(CCCN(C)C)CCC(=O)Nc1cc(C)ccc1C.